The second-order valence-corrected chi connectivity index (χ2v) is 1.80. The normalized spacial score (nSPS) is 12.2. The van der Waals surface area contributed by atoms with E-state index in [0.717, 1.165) is 11.5 Å². The quantitative estimate of drug-likeness (QED) is 0.480. The molecule has 0 atom stereocenters. The van der Waals surface area contributed by atoms with E-state index in [1.165, 1.54) is 0 Å². The van der Waals surface area contributed by atoms with Crippen molar-refractivity contribution < 1.29 is 0 Å². The van der Waals surface area contributed by atoms with Crippen LogP contribution < -0.4 is 0 Å². The SMILES string of the molecule is CCC=C(C)Cl. The van der Waals surface area contributed by atoms with Gasteiger partial charge in [-0.1, -0.05) is 24.6 Å². The Labute approximate surface area is 43.8 Å². The lowest BCUT2D eigenvalue weighted by Gasteiger charge is -1.77. The molecule has 1 heteroatoms. The fourth-order valence-electron chi connectivity index (χ4n) is 0.281. The highest BCUT2D eigenvalue weighted by Crippen LogP contribution is 1.97. The van der Waals surface area contributed by atoms with Crippen LogP contribution in [0.2, 0.25) is 0 Å². The molecule has 0 bridgehead atoms. The number of hydrogen-bond acceptors (Lipinski definition) is 0. The maximum atomic E-state index is 5.44. The van der Waals surface area contributed by atoms with Crippen molar-refractivity contribution in [3.63, 3.8) is 0 Å². The van der Waals surface area contributed by atoms with Crippen LogP contribution in [0.15, 0.2) is 11.1 Å². The zero-order chi connectivity index (χ0) is 4.99. The Balaban J connectivity index is 3.14. The summed E-state index contributed by atoms with van der Waals surface area (Å²) in [5.74, 6) is 0. The highest BCUT2D eigenvalue weighted by Gasteiger charge is 1.70. The van der Waals surface area contributed by atoms with Crippen molar-refractivity contribution in [2.24, 2.45) is 0 Å². The first kappa shape index (κ1) is 6.03. The molecule has 0 nitrogen and oxygen atoms in total. The van der Waals surface area contributed by atoms with Crippen molar-refractivity contribution in [2.75, 3.05) is 0 Å². The van der Waals surface area contributed by atoms with Crippen molar-refractivity contribution >= 4 is 11.6 Å². The molecule has 0 aromatic carbocycles. The van der Waals surface area contributed by atoms with Gasteiger partial charge in [0.2, 0.25) is 0 Å². The summed E-state index contributed by atoms with van der Waals surface area (Å²) in [6.07, 6.45) is 3.01. The molecular weight excluding hydrogens is 95.5 g/mol. The fraction of sp³-hybridized carbons (Fsp3) is 0.600. The summed E-state index contributed by atoms with van der Waals surface area (Å²) in [6.45, 7) is 3.94. The van der Waals surface area contributed by atoms with Crippen molar-refractivity contribution in [1.29, 1.82) is 0 Å². The van der Waals surface area contributed by atoms with E-state index in [9.17, 15) is 0 Å². The molecule has 0 spiro atoms. The zero-order valence-electron chi connectivity index (χ0n) is 4.16. The number of hydrogen-bond donors (Lipinski definition) is 0. The maximum Gasteiger partial charge on any atom is 0.0110 e. The third-order valence-electron chi connectivity index (χ3n) is 0.485. The smallest absolute Gasteiger partial charge is 0.0110 e. The van der Waals surface area contributed by atoms with Gasteiger partial charge in [-0.15, -0.1) is 0 Å². The molecule has 0 rings (SSSR count). The maximum absolute atomic E-state index is 5.44. The topological polar surface area (TPSA) is 0 Å². The number of halogens is 1. The Bertz CT molecular complexity index is 51.0. The Morgan fingerprint density at radius 1 is 1.83 bits per heavy atom. The van der Waals surface area contributed by atoms with Crippen LogP contribution in [0.3, 0.4) is 0 Å². The molecule has 36 valence electrons. The summed E-state index contributed by atoms with van der Waals surface area (Å²) >= 11 is 5.44. The van der Waals surface area contributed by atoms with E-state index in [1.807, 2.05) is 13.0 Å². The Morgan fingerprint density at radius 3 is 2.33 bits per heavy atom. The summed E-state index contributed by atoms with van der Waals surface area (Å²) in [5.41, 5.74) is 0. The molecule has 6 heavy (non-hydrogen) atoms. The standard InChI is InChI=1S/C5H9Cl/c1-3-4-5(2)6/h4H,3H2,1-2H3. The molecule has 0 aliphatic heterocycles. The van der Waals surface area contributed by atoms with Crippen molar-refractivity contribution in [3.8, 4) is 0 Å². The average molecular weight is 105 g/mol. The van der Waals surface area contributed by atoms with Crippen LogP contribution >= 0.6 is 11.6 Å². The molecular formula is C5H9Cl. The number of rotatable bonds is 1. The van der Waals surface area contributed by atoms with Gasteiger partial charge in [-0.2, -0.15) is 0 Å². The van der Waals surface area contributed by atoms with Gasteiger partial charge in [0.15, 0.2) is 0 Å². The van der Waals surface area contributed by atoms with Crippen molar-refractivity contribution in [1.82, 2.24) is 0 Å². The van der Waals surface area contributed by atoms with Crippen LogP contribution in [-0.4, -0.2) is 0 Å². The predicted octanol–water partition coefficient (Wildman–Crippen LogP) is 2.54. The third-order valence-corrected chi connectivity index (χ3v) is 0.640. The van der Waals surface area contributed by atoms with Gasteiger partial charge < -0.3 is 0 Å². The first-order chi connectivity index (χ1) is 2.77. The molecule has 0 aliphatic rings. The van der Waals surface area contributed by atoms with Gasteiger partial charge in [-0.05, 0) is 13.3 Å². The lowest BCUT2D eigenvalue weighted by atomic mass is 10.4. The molecule has 0 fully saturated rings. The van der Waals surface area contributed by atoms with E-state index < -0.39 is 0 Å². The Morgan fingerprint density at radius 2 is 2.33 bits per heavy atom. The minimum Gasteiger partial charge on any atom is -0.0898 e. The summed E-state index contributed by atoms with van der Waals surface area (Å²) in [4.78, 5) is 0. The van der Waals surface area contributed by atoms with E-state index in [4.69, 9.17) is 11.6 Å². The molecule has 0 amide bonds. The van der Waals surface area contributed by atoms with Crippen LogP contribution in [0.1, 0.15) is 20.3 Å². The van der Waals surface area contributed by atoms with Crippen LogP contribution in [0.5, 0.6) is 0 Å². The largest absolute Gasteiger partial charge is 0.0898 e. The summed E-state index contributed by atoms with van der Waals surface area (Å²) in [6, 6.07) is 0. The van der Waals surface area contributed by atoms with Gasteiger partial charge in [0.25, 0.3) is 0 Å². The fourth-order valence-corrected chi connectivity index (χ4v) is 0.436. The Kier molecular flexibility index (Phi) is 3.24. The van der Waals surface area contributed by atoms with Crippen LogP contribution in [0.25, 0.3) is 0 Å². The molecule has 0 aromatic rings. The molecule has 0 aromatic heterocycles. The van der Waals surface area contributed by atoms with Gasteiger partial charge in [0, 0.05) is 5.03 Å². The summed E-state index contributed by atoms with van der Waals surface area (Å²) in [7, 11) is 0. The summed E-state index contributed by atoms with van der Waals surface area (Å²) < 4.78 is 0. The lowest BCUT2D eigenvalue weighted by molar-refractivity contribution is 1.21. The van der Waals surface area contributed by atoms with E-state index >= 15 is 0 Å². The second-order valence-electron chi connectivity index (χ2n) is 1.20. The summed E-state index contributed by atoms with van der Waals surface area (Å²) in [5, 5.41) is 0.887. The highest BCUT2D eigenvalue weighted by molar-refractivity contribution is 6.29. The number of allylic oxidation sites excluding steroid dienone is 2. The van der Waals surface area contributed by atoms with E-state index in [-0.39, 0.29) is 0 Å². The zero-order valence-corrected chi connectivity index (χ0v) is 4.92. The van der Waals surface area contributed by atoms with E-state index in [1.54, 1.807) is 0 Å². The Hall–Kier alpha value is 0.0300. The van der Waals surface area contributed by atoms with Crippen LogP contribution in [0, 0.1) is 0 Å². The first-order valence-corrected chi connectivity index (χ1v) is 2.47. The molecule has 0 radical (unpaired) electrons. The van der Waals surface area contributed by atoms with Crippen LogP contribution in [0.4, 0.5) is 0 Å². The molecule has 0 aliphatic carbocycles. The molecule has 0 saturated carbocycles. The van der Waals surface area contributed by atoms with Gasteiger partial charge in [0.05, 0.1) is 0 Å². The van der Waals surface area contributed by atoms with Gasteiger partial charge in [-0.3, -0.25) is 0 Å². The van der Waals surface area contributed by atoms with E-state index in [2.05, 4.69) is 6.92 Å². The average Bonchev–Trinajstić information content (AvgIpc) is 1.35. The molecule has 0 unspecified atom stereocenters. The van der Waals surface area contributed by atoms with Crippen molar-refractivity contribution in [3.05, 3.63) is 11.1 Å². The first-order valence-electron chi connectivity index (χ1n) is 2.09. The highest BCUT2D eigenvalue weighted by atomic mass is 35.5. The van der Waals surface area contributed by atoms with E-state index in [0.29, 0.717) is 0 Å². The minimum atomic E-state index is 0.887. The van der Waals surface area contributed by atoms with Gasteiger partial charge in [-0.25, -0.2) is 0 Å². The third kappa shape index (κ3) is 4.03. The molecule has 0 saturated heterocycles. The second kappa shape index (κ2) is 3.23. The molecule has 0 heterocycles. The minimum absolute atomic E-state index is 0.887. The van der Waals surface area contributed by atoms with Crippen molar-refractivity contribution in [2.45, 2.75) is 20.3 Å². The molecule has 0 N–H and O–H groups in total. The predicted molar refractivity (Wildman–Crippen MR) is 29.9 cm³/mol. The van der Waals surface area contributed by atoms with Gasteiger partial charge in [0.1, 0.15) is 0 Å². The van der Waals surface area contributed by atoms with Crippen LogP contribution in [-0.2, 0) is 0 Å². The van der Waals surface area contributed by atoms with Gasteiger partial charge >= 0.3 is 0 Å². The monoisotopic (exact) mass is 104 g/mol. The lowest BCUT2D eigenvalue weighted by Crippen LogP contribution is -1.54.